The molecular weight excluding hydrogens is 1120 g/mol. The number of carbonyl (C=O) groups excluding carboxylic acids is 3. The number of rotatable bonds is 34. The van der Waals surface area contributed by atoms with E-state index in [0.717, 1.165) is 96.3 Å². The van der Waals surface area contributed by atoms with Crippen LogP contribution in [0, 0.1) is 29.4 Å². The zero-order valence-corrected chi connectivity index (χ0v) is 49.0. The predicted molar refractivity (Wildman–Crippen MR) is 314 cm³/mol. The fourth-order valence-electron chi connectivity index (χ4n) is 9.22. The number of benzene rings is 2. The van der Waals surface area contributed by atoms with E-state index in [0.29, 0.717) is 109 Å². The Morgan fingerprint density at radius 3 is 1.37 bits per heavy atom. The van der Waals surface area contributed by atoms with Gasteiger partial charge >= 0.3 is 5.97 Å². The van der Waals surface area contributed by atoms with Gasteiger partial charge in [0.15, 0.2) is 0 Å². The molecule has 2 aliphatic rings. The number of aromatic nitrogens is 4. The first-order valence-corrected chi connectivity index (χ1v) is 29.6. The number of aliphatic carboxylic acids is 1. The van der Waals surface area contributed by atoms with Crippen molar-refractivity contribution < 1.29 is 63.0 Å². The first-order valence-electron chi connectivity index (χ1n) is 28.8. The highest BCUT2D eigenvalue weighted by molar-refractivity contribution is 6.30. The van der Waals surface area contributed by atoms with Crippen molar-refractivity contribution in [1.82, 2.24) is 30.6 Å². The molecule has 2 aromatic heterocycles. The maximum absolute atomic E-state index is 14.6. The molecule has 6 rings (SSSR count). The van der Waals surface area contributed by atoms with Crippen LogP contribution in [0.5, 0.6) is 11.5 Å². The number of nitrogens with zero attached hydrogens (tertiary/aromatic N) is 6. The molecule has 2 aromatic carbocycles. The molecule has 0 aliphatic carbocycles. The quantitative estimate of drug-likeness (QED) is 0.0217. The maximum Gasteiger partial charge on any atom is 0.303 e. The van der Waals surface area contributed by atoms with Crippen molar-refractivity contribution in [2.45, 2.75) is 128 Å². The molecule has 2 saturated heterocycles. The van der Waals surface area contributed by atoms with E-state index in [4.69, 9.17) is 63.9 Å². The number of ketones is 1. The lowest BCUT2D eigenvalue weighted by Crippen LogP contribution is -2.34. The largest absolute Gasteiger partial charge is 0.493 e. The Labute approximate surface area is 495 Å². The number of unbranched alkanes of at least 4 members (excludes halogenated alkanes) is 4. The molecule has 9 N–H and O–H groups in total. The number of nitrogens with two attached hydrogens (primary N) is 1. The molecule has 2 amide bonds. The molecule has 0 radical (unpaired) electrons. The van der Waals surface area contributed by atoms with Gasteiger partial charge in [-0.3, -0.25) is 19.2 Å². The minimum absolute atomic E-state index is 0.0208. The molecule has 2 fully saturated rings. The van der Waals surface area contributed by atoms with Crippen molar-refractivity contribution in [3.05, 3.63) is 94.0 Å². The summed E-state index contributed by atoms with van der Waals surface area (Å²) < 4.78 is 40.5. The summed E-state index contributed by atoms with van der Waals surface area (Å²) >= 11 is 11.7. The number of anilines is 2. The van der Waals surface area contributed by atoms with Crippen molar-refractivity contribution >= 4 is 58.7 Å². The number of aliphatic hydroxyl groups is 4. The summed E-state index contributed by atoms with van der Waals surface area (Å²) in [5.74, 6) is 0.974. The van der Waals surface area contributed by atoms with Gasteiger partial charge in [0.1, 0.15) is 28.9 Å². The molecule has 2 aliphatic heterocycles. The number of Topliss-reactive ketones (excluding diaryl/α,β-unsaturated/α-hetero) is 1. The summed E-state index contributed by atoms with van der Waals surface area (Å²) in [5, 5.41) is 49.4. The van der Waals surface area contributed by atoms with Crippen LogP contribution < -0.4 is 35.6 Å². The lowest BCUT2D eigenvalue weighted by Gasteiger charge is -2.31. The second kappa shape index (κ2) is 40.4. The van der Waals surface area contributed by atoms with Gasteiger partial charge in [0.25, 0.3) is 0 Å². The Hall–Kier alpha value is -5.88. The summed E-state index contributed by atoms with van der Waals surface area (Å²) in [4.78, 5) is 68.1. The number of hydrogen-bond donors (Lipinski definition) is 8. The molecule has 0 saturated carbocycles. The number of halogens is 4. The number of ether oxygens (including phenoxy) is 2. The average molecular weight is 1210 g/mol. The zero-order chi connectivity index (χ0) is 60.2. The van der Waals surface area contributed by atoms with Crippen molar-refractivity contribution in [1.29, 1.82) is 0 Å². The summed E-state index contributed by atoms with van der Waals surface area (Å²) in [6.07, 6.45) is 19.4. The minimum Gasteiger partial charge on any atom is -0.493 e. The summed E-state index contributed by atoms with van der Waals surface area (Å²) in [5.41, 5.74) is 5.61. The number of aliphatic hydroxyl groups excluding tert-OH is 4. The molecule has 0 atom stereocenters. The highest BCUT2D eigenvalue weighted by Gasteiger charge is 2.23. The van der Waals surface area contributed by atoms with Crippen molar-refractivity contribution in [2.24, 2.45) is 23.5 Å². The fourth-order valence-corrected chi connectivity index (χ4v) is 9.42. The Morgan fingerprint density at radius 1 is 0.602 bits per heavy atom. The minimum atomic E-state index is -0.815. The molecule has 0 spiro atoms. The van der Waals surface area contributed by atoms with Crippen LogP contribution in [0.3, 0.4) is 0 Å². The third kappa shape index (κ3) is 29.0. The van der Waals surface area contributed by atoms with E-state index in [1.165, 1.54) is 12.1 Å². The van der Waals surface area contributed by atoms with Crippen LogP contribution in [0.2, 0.25) is 10.0 Å². The Kier molecular flexibility index (Phi) is 33.9. The van der Waals surface area contributed by atoms with Crippen LogP contribution in [0.1, 0.15) is 120 Å². The van der Waals surface area contributed by atoms with E-state index in [2.05, 4.69) is 40.4 Å². The monoisotopic (exact) mass is 1200 g/mol. The number of amides is 2. The fraction of sp³-hybridized carbons (Fsp3) is 0.593. The first-order chi connectivity index (χ1) is 40.1. The highest BCUT2D eigenvalue weighted by atomic mass is 35.5. The molecule has 460 valence electrons. The average Bonchev–Trinajstić information content (AvgIpc) is 3.56. The molecule has 20 nitrogen and oxygen atoms in total. The first kappa shape index (κ1) is 69.6. The number of nitrogens with one attached hydrogen (secondary N) is 2. The third-order valence-corrected chi connectivity index (χ3v) is 14.5. The van der Waals surface area contributed by atoms with Gasteiger partial charge < -0.3 is 61.2 Å². The van der Waals surface area contributed by atoms with E-state index in [1.54, 1.807) is 49.1 Å². The van der Waals surface area contributed by atoms with Gasteiger partial charge in [-0.05, 0) is 112 Å². The van der Waals surface area contributed by atoms with Gasteiger partial charge in [-0.2, -0.15) is 0 Å². The number of hydrogen-bond acceptors (Lipinski definition) is 17. The predicted octanol–water partition coefficient (Wildman–Crippen LogP) is 7.07. The smallest absolute Gasteiger partial charge is 0.303 e. The normalized spacial score (nSPS) is 13.7. The molecule has 24 heteroatoms. The van der Waals surface area contributed by atoms with Crippen molar-refractivity contribution in [2.75, 3.05) is 88.7 Å². The molecule has 4 aromatic rings. The van der Waals surface area contributed by atoms with Crippen LogP contribution in [0.15, 0.2) is 61.2 Å². The second-order valence-corrected chi connectivity index (χ2v) is 21.8. The van der Waals surface area contributed by atoms with Crippen LogP contribution in [0.25, 0.3) is 0 Å². The summed E-state index contributed by atoms with van der Waals surface area (Å²) in [6.45, 7) is 4.90. The Morgan fingerprint density at radius 2 is 1.01 bits per heavy atom. The van der Waals surface area contributed by atoms with Crippen molar-refractivity contribution in [3.8, 4) is 11.5 Å². The molecular formula is C59H85Cl2F2N9O11. The molecule has 83 heavy (non-hydrogen) atoms. The molecule has 4 heterocycles. The van der Waals surface area contributed by atoms with Gasteiger partial charge in [-0.1, -0.05) is 48.2 Å². The highest BCUT2D eigenvalue weighted by Crippen LogP contribution is 2.27. The zero-order valence-electron chi connectivity index (χ0n) is 47.5. The van der Waals surface area contributed by atoms with Gasteiger partial charge in [0.2, 0.25) is 23.7 Å². The summed E-state index contributed by atoms with van der Waals surface area (Å²) in [7, 11) is 0. The van der Waals surface area contributed by atoms with Crippen LogP contribution in [-0.2, 0) is 32.0 Å². The second-order valence-electron chi connectivity index (χ2n) is 20.9. The molecule has 0 unspecified atom stereocenters. The van der Waals surface area contributed by atoms with Gasteiger partial charge in [0, 0.05) is 89.8 Å². The maximum atomic E-state index is 14.6. The van der Waals surface area contributed by atoms with Crippen LogP contribution in [-0.4, -0.2) is 154 Å². The van der Waals surface area contributed by atoms with E-state index in [-0.39, 0.29) is 75.6 Å². The van der Waals surface area contributed by atoms with E-state index >= 15 is 0 Å². The lowest BCUT2D eigenvalue weighted by atomic mass is 9.92. The van der Waals surface area contributed by atoms with E-state index in [1.807, 2.05) is 0 Å². The van der Waals surface area contributed by atoms with Gasteiger partial charge in [-0.15, -0.1) is 0 Å². The van der Waals surface area contributed by atoms with Crippen molar-refractivity contribution in [3.63, 3.8) is 0 Å². The van der Waals surface area contributed by atoms with Gasteiger partial charge in [-0.25, -0.2) is 28.7 Å². The lowest BCUT2D eigenvalue weighted by molar-refractivity contribution is -0.137. The van der Waals surface area contributed by atoms with E-state index < -0.39 is 23.6 Å². The Balaban J connectivity index is 0.000000326. The number of piperidine rings is 2. The molecule has 0 bridgehead atoms. The number of carboxylic acid groups (broad SMARTS) is 1. The topological polar surface area (TPSA) is 296 Å². The van der Waals surface area contributed by atoms with Crippen LogP contribution in [0.4, 0.5) is 20.7 Å². The number of carboxylic acids is 1. The van der Waals surface area contributed by atoms with E-state index in [9.17, 15) is 28.0 Å². The summed E-state index contributed by atoms with van der Waals surface area (Å²) in [6, 6.07) is 8.79. The van der Waals surface area contributed by atoms with Gasteiger partial charge in [0.05, 0.1) is 80.1 Å². The SMILES string of the molecule is NC(CO)CO.O=C(CCCCCNC(=O)Cc1ccc(OCCCC2CCN(c3ncc(Cl)cn3)CC2)cc1F)CC(CO)CO.O=C(O)CCCCCNC(=O)Cc1ccc(OCCCC2CCN(c3ncc(Cl)cn3)CC2)cc1F. The third-order valence-electron chi connectivity index (χ3n) is 14.2. The number of carbonyl (C=O) groups is 4. The van der Waals surface area contributed by atoms with Crippen LogP contribution >= 0.6 is 23.2 Å². The Bertz CT molecular complexity index is 2490. The standard InChI is InChI=1S/C30H42ClFN4O5.C26H34ClFN4O4.C3H9NO2/c31-25-18-34-30(35-19-25)36-12-9-22(10-13-36)5-4-14-41-27-8-7-24(28(32)17-27)16-29(40)33-11-3-1-2-6-26(39)15-23(20-37)21-38;27-21-17-30-26(31-18-21)32-12-9-19(10-13-32)5-4-14-36-22-8-7-20(23(28)16-22)15-24(33)29-11-3-1-2-6-25(34)35;4-3(1-5)2-6/h7-8,17-19,22-23,37-38H,1-6,9-16,20-21H2,(H,33,40);7-8,16-19H,1-6,9-15H2,(H,29,33)(H,34,35);3,5-6H,1-2,4H2.